The summed E-state index contributed by atoms with van der Waals surface area (Å²) in [6.45, 7) is 0. The number of pyridine rings is 8. The fourth-order valence-corrected chi connectivity index (χ4v) is 15.0. The second-order valence-electron chi connectivity index (χ2n) is 26.5. The maximum atomic E-state index is 5.12. The average Bonchev–Trinajstić information content (AvgIpc) is 0.752. The highest BCUT2D eigenvalue weighted by atomic mass is 14.8. The van der Waals surface area contributed by atoms with Crippen molar-refractivity contribution in [2.75, 3.05) is 0 Å². The van der Waals surface area contributed by atoms with Crippen molar-refractivity contribution in [3.05, 3.63) is 377 Å². The number of rotatable bonds is 8. The van der Waals surface area contributed by atoms with E-state index >= 15 is 0 Å². The van der Waals surface area contributed by atoms with Crippen LogP contribution in [0.5, 0.6) is 0 Å². The van der Waals surface area contributed by atoms with Gasteiger partial charge in [0, 0.05) is 118 Å². The molecule has 0 amide bonds. The van der Waals surface area contributed by atoms with E-state index in [9.17, 15) is 0 Å². The smallest absolute Gasteiger partial charge is 0.0892 e. The van der Waals surface area contributed by atoms with E-state index in [0.29, 0.717) is 0 Å². The van der Waals surface area contributed by atoms with Gasteiger partial charge in [0.05, 0.1) is 61.9 Å². The Morgan fingerprint density at radius 3 is 0.972 bits per heavy atom. The molecule has 8 heterocycles. The lowest BCUT2D eigenvalue weighted by Gasteiger charge is -2.13. The van der Waals surface area contributed by atoms with Crippen molar-refractivity contribution in [1.29, 1.82) is 0 Å². The normalized spacial score (nSPS) is 11.4. The van der Waals surface area contributed by atoms with Crippen molar-refractivity contribution >= 4 is 108 Å². The monoisotopic (exact) mass is 1350 g/mol. The van der Waals surface area contributed by atoms with Crippen molar-refractivity contribution in [2.45, 2.75) is 0 Å². The summed E-state index contributed by atoms with van der Waals surface area (Å²) in [5, 5.41) is 19.5. The molecule has 8 nitrogen and oxygen atoms in total. The molecule has 0 N–H and O–H groups in total. The van der Waals surface area contributed by atoms with Gasteiger partial charge >= 0.3 is 0 Å². The van der Waals surface area contributed by atoms with Crippen LogP contribution in [-0.2, 0) is 0 Å². The Morgan fingerprint density at radius 2 is 0.519 bits per heavy atom. The van der Waals surface area contributed by atoms with Gasteiger partial charge in [0.25, 0.3) is 0 Å². The van der Waals surface area contributed by atoms with Crippen LogP contribution >= 0.6 is 0 Å². The Bertz CT molecular complexity index is 6870. The predicted octanol–water partition coefficient (Wildman–Crippen LogP) is 25.1. The molecule has 8 heteroatoms. The molecule has 494 valence electrons. The molecule has 0 atom stereocenters. The molecule has 0 aliphatic heterocycles. The highest BCUT2D eigenvalue weighted by Crippen LogP contribution is 2.42. The minimum absolute atomic E-state index is 0.867. The molecule has 0 fully saturated rings. The molecular weight excluding hydrogens is 1290 g/mol. The topological polar surface area (TPSA) is 103 Å². The summed E-state index contributed by atoms with van der Waals surface area (Å²) in [5.41, 5.74) is 20.6. The SMILES string of the molecule is c1ccc(-c2cc(-c3ccc(-c4nc5ccccc5c5c4ccc4ccccc45)cc3)ccn2)nc1.c1ccc(-c2ccc(-c3ccc(-c4nc5ccccc5c5c4ccc4ccccc45)cc3)nc2)nc1.c1ccc2ncc(-c3ccc(-c4nc5ccccc5c5c4ccc4ccccc45)cc3)cc2c1. The van der Waals surface area contributed by atoms with Crippen LogP contribution in [0, 0.1) is 0 Å². The maximum Gasteiger partial charge on any atom is 0.0892 e. The third kappa shape index (κ3) is 11.8. The summed E-state index contributed by atoms with van der Waals surface area (Å²) in [6.07, 6.45) is 9.27. The predicted molar refractivity (Wildman–Crippen MR) is 440 cm³/mol. The molecule has 0 aliphatic rings. The summed E-state index contributed by atoms with van der Waals surface area (Å²) >= 11 is 0. The Labute approximate surface area is 611 Å². The van der Waals surface area contributed by atoms with Gasteiger partial charge in [-0.1, -0.05) is 267 Å². The summed E-state index contributed by atoms with van der Waals surface area (Å²) in [6, 6.07) is 121. The minimum Gasteiger partial charge on any atom is -0.256 e. The van der Waals surface area contributed by atoms with Gasteiger partial charge in [0.2, 0.25) is 0 Å². The van der Waals surface area contributed by atoms with Gasteiger partial charge in [-0.3, -0.25) is 24.9 Å². The molecule has 0 aliphatic carbocycles. The third-order valence-electron chi connectivity index (χ3n) is 20.2. The first-order chi connectivity index (χ1) is 52.5. The first-order valence-electron chi connectivity index (χ1n) is 35.6. The molecule has 0 radical (unpaired) electrons. The van der Waals surface area contributed by atoms with Crippen LogP contribution in [0.1, 0.15) is 0 Å². The Morgan fingerprint density at radius 1 is 0.160 bits per heavy atom. The van der Waals surface area contributed by atoms with E-state index in [-0.39, 0.29) is 0 Å². The number of hydrogen-bond donors (Lipinski definition) is 0. The molecule has 0 bridgehead atoms. The lowest BCUT2D eigenvalue weighted by molar-refractivity contribution is 1.25. The molecule has 13 aromatic carbocycles. The second kappa shape index (κ2) is 27.2. The standard InChI is InChI=1S/2C33H21N3.C32H20N2/c1-2-8-26-22(7-1)16-18-28-32(26)27-9-3-4-11-31(27)36-33(28)24-14-12-23(13-15-24)30-19-17-25(21-35-30)29-10-5-6-20-34-29;1-2-8-26-23(7-1)16-17-28-32(26)27-9-3-4-10-29(27)36-33(28)24-14-12-22(13-15-24)25-18-20-35-31(21-25)30-11-5-6-19-34-30;1-3-9-26-22(7-1)17-18-28-31(26)27-10-4-6-12-30(27)34-32(28)23-15-13-21(14-16-23)25-19-24-8-2-5-11-29(24)33-20-25/h2*1-21H;1-20H. The maximum absolute atomic E-state index is 5.12. The number of hydrogen-bond acceptors (Lipinski definition) is 8. The summed E-state index contributed by atoms with van der Waals surface area (Å²) in [4.78, 5) is 38.0. The van der Waals surface area contributed by atoms with Crippen molar-refractivity contribution in [3.8, 4) is 89.9 Å². The molecule has 0 unspecified atom stereocenters. The summed E-state index contributed by atoms with van der Waals surface area (Å²) in [7, 11) is 0. The summed E-state index contributed by atoms with van der Waals surface area (Å²) in [5.74, 6) is 0. The fraction of sp³-hybridized carbons (Fsp3) is 0. The molecule has 0 saturated heterocycles. The van der Waals surface area contributed by atoms with Gasteiger partial charge in [-0.05, 0) is 128 Å². The molecule has 106 heavy (non-hydrogen) atoms. The Balaban J connectivity index is 0.000000109. The zero-order valence-corrected chi connectivity index (χ0v) is 57.4. The van der Waals surface area contributed by atoms with E-state index in [1.165, 1.54) is 75.4 Å². The number of nitrogens with zero attached hydrogens (tertiary/aromatic N) is 8. The van der Waals surface area contributed by atoms with Crippen LogP contribution < -0.4 is 0 Å². The van der Waals surface area contributed by atoms with Crippen LogP contribution in [0.4, 0.5) is 0 Å². The molecule has 21 rings (SSSR count). The van der Waals surface area contributed by atoms with E-state index < -0.39 is 0 Å². The molecule has 21 aromatic rings. The molecular formula is C98H62N8. The fourth-order valence-electron chi connectivity index (χ4n) is 15.0. The van der Waals surface area contributed by atoms with Crippen molar-refractivity contribution < 1.29 is 0 Å². The van der Waals surface area contributed by atoms with Gasteiger partial charge in [-0.15, -0.1) is 0 Å². The lowest BCUT2D eigenvalue weighted by Crippen LogP contribution is -1.91. The molecule has 8 aromatic heterocycles. The van der Waals surface area contributed by atoms with Crippen LogP contribution in [0.3, 0.4) is 0 Å². The van der Waals surface area contributed by atoms with Gasteiger partial charge in [-0.2, -0.15) is 0 Å². The number of aromatic nitrogens is 8. The zero-order chi connectivity index (χ0) is 70.3. The molecule has 0 saturated carbocycles. The average molecular weight is 1350 g/mol. The first-order valence-corrected chi connectivity index (χ1v) is 35.6. The van der Waals surface area contributed by atoms with Crippen LogP contribution in [-0.4, -0.2) is 39.9 Å². The highest BCUT2D eigenvalue weighted by molar-refractivity contribution is 6.25. The third-order valence-corrected chi connectivity index (χ3v) is 20.2. The van der Waals surface area contributed by atoms with Crippen LogP contribution in [0.2, 0.25) is 0 Å². The zero-order valence-electron chi connectivity index (χ0n) is 57.4. The second-order valence-corrected chi connectivity index (χ2v) is 26.5. The van der Waals surface area contributed by atoms with Gasteiger partial charge in [0.15, 0.2) is 0 Å². The molecule has 0 spiro atoms. The number of benzene rings is 13. The van der Waals surface area contributed by atoms with Crippen molar-refractivity contribution in [3.63, 3.8) is 0 Å². The quantitative estimate of drug-likeness (QED) is 0.139. The van der Waals surface area contributed by atoms with Crippen molar-refractivity contribution in [1.82, 2.24) is 39.9 Å². The Kier molecular flexibility index (Phi) is 16.1. The van der Waals surface area contributed by atoms with Crippen LogP contribution in [0.25, 0.3) is 198 Å². The van der Waals surface area contributed by atoms with E-state index in [2.05, 4.69) is 311 Å². The number of para-hydroxylation sites is 4. The van der Waals surface area contributed by atoms with E-state index in [4.69, 9.17) is 19.9 Å². The highest BCUT2D eigenvalue weighted by Gasteiger charge is 2.18. The van der Waals surface area contributed by atoms with E-state index in [1.54, 1.807) is 12.4 Å². The van der Waals surface area contributed by atoms with Gasteiger partial charge in [-0.25, -0.2) is 15.0 Å². The number of fused-ring (bicyclic) bond motifs is 16. The first kappa shape index (κ1) is 62.6. The van der Waals surface area contributed by atoms with Crippen LogP contribution in [0.15, 0.2) is 377 Å². The van der Waals surface area contributed by atoms with Gasteiger partial charge in [0.1, 0.15) is 0 Å². The largest absolute Gasteiger partial charge is 0.256 e. The van der Waals surface area contributed by atoms with Gasteiger partial charge < -0.3 is 0 Å². The van der Waals surface area contributed by atoms with E-state index in [1.807, 2.05) is 73.2 Å². The summed E-state index contributed by atoms with van der Waals surface area (Å²) < 4.78 is 0. The van der Waals surface area contributed by atoms with Crippen molar-refractivity contribution in [2.24, 2.45) is 0 Å². The van der Waals surface area contributed by atoms with E-state index in [0.717, 1.165) is 123 Å². The minimum atomic E-state index is 0.867. The lowest BCUT2D eigenvalue weighted by atomic mass is 9.94. The Hall–Kier alpha value is -14.3.